The van der Waals surface area contributed by atoms with Crippen molar-refractivity contribution in [2.24, 2.45) is 7.05 Å². The number of nitrogens with zero attached hydrogens (tertiary/aromatic N) is 4. The highest BCUT2D eigenvalue weighted by Gasteiger charge is 2.39. The lowest BCUT2D eigenvalue weighted by Crippen LogP contribution is -2.46. The summed E-state index contributed by atoms with van der Waals surface area (Å²) in [5.74, 6) is -1.21. The molecule has 0 aliphatic carbocycles. The van der Waals surface area contributed by atoms with Crippen LogP contribution < -0.4 is 10.4 Å². The lowest BCUT2D eigenvalue weighted by molar-refractivity contribution is -0.147. The fourth-order valence-corrected chi connectivity index (χ4v) is 3.79. The van der Waals surface area contributed by atoms with Gasteiger partial charge >= 0.3 is 11.9 Å². The summed E-state index contributed by atoms with van der Waals surface area (Å²) in [6, 6.07) is 4.13. The van der Waals surface area contributed by atoms with Gasteiger partial charge in [-0.1, -0.05) is 23.2 Å². The number of rotatable bonds is 4. The number of halogens is 5. The van der Waals surface area contributed by atoms with Gasteiger partial charge in [-0.3, -0.25) is 9.36 Å². The van der Waals surface area contributed by atoms with E-state index in [-0.39, 0.29) is 24.0 Å². The van der Waals surface area contributed by atoms with Crippen LogP contribution in [0, 0.1) is 0 Å². The van der Waals surface area contributed by atoms with Crippen molar-refractivity contribution in [1.82, 2.24) is 19.2 Å². The quantitative estimate of drug-likeness (QED) is 0.690. The Labute approximate surface area is 179 Å². The predicted molar refractivity (Wildman–Crippen MR) is 104 cm³/mol. The standard InChI is InChI=1S/C18H19Cl2F3N4O3/c1-10(30-14-4-3-11(19)9-13(14)20)15(28)26-7-5-12(6-8-26)27-17(29)25(2)16(24-27)18(21,22)23/h3-4,9-10,12H,5-8H2,1-2H3. The van der Waals surface area contributed by atoms with Crippen LogP contribution in [0.5, 0.6) is 5.75 Å². The first-order chi connectivity index (χ1) is 14.0. The summed E-state index contributed by atoms with van der Waals surface area (Å²) in [6.45, 7) is 2.10. The molecule has 0 spiro atoms. The number of piperidine rings is 1. The largest absolute Gasteiger partial charge is 0.479 e. The number of amides is 1. The van der Waals surface area contributed by atoms with Crippen LogP contribution in [0.3, 0.4) is 0 Å². The average molecular weight is 467 g/mol. The number of hydrogen-bond donors (Lipinski definition) is 0. The molecule has 12 heteroatoms. The van der Waals surface area contributed by atoms with Crippen LogP contribution >= 0.6 is 23.2 Å². The second kappa shape index (κ2) is 8.50. The van der Waals surface area contributed by atoms with Gasteiger partial charge in [-0.15, -0.1) is 5.10 Å². The maximum Gasteiger partial charge on any atom is 0.451 e. The Morgan fingerprint density at radius 1 is 1.27 bits per heavy atom. The van der Waals surface area contributed by atoms with Crippen LogP contribution in [0.2, 0.25) is 10.0 Å². The molecule has 1 unspecified atom stereocenters. The molecule has 1 aliphatic heterocycles. The molecule has 0 radical (unpaired) electrons. The number of alkyl halides is 3. The zero-order valence-corrected chi connectivity index (χ0v) is 17.6. The van der Waals surface area contributed by atoms with Gasteiger partial charge in [0.15, 0.2) is 6.10 Å². The van der Waals surface area contributed by atoms with Gasteiger partial charge in [0.1, 0.15) is 5.75 Å². The van der Waals surface area contributed by atoms with Gasteiger partial charge in [-0.05, 0) is 38.0 Å². The minimum Gasteiger partial charge on any atom is -0.479 e. The Balaban J connectivity index is 1.64. The summed E-state index contributed by atoms with van der Waals surface area (Å²) in [6.07, 6.45) is -4.94. The first kappa shape index (κ1) is 22.5. The van der Waals surface area contributed by atoms with Crippen LogP contribution in [0.25, 0.3) is 0 Å². The third-order valence-electron chi connectivity index (χ3n) is 4.92. The lowest BCUT2D eigenvalue weighted by atomic mass is 10.0. The van der Waals surface area contributed by atoms with Crippen molar-refractivity contribution >= 4 is 29.1 Å². The van der Waals surface area contributed by atoms with Crippen LogP contribution in [-0.2, 0) is 18.0 Å². The lowest BCUT2D eigenvalue weighted by Gasteiger charge is -2.33. The van der Waals surface area contributed by atoms with E-state index < -0.39 is 29.8 Å². The van der Waals surface area contributed by atoms with Gasteiger partial charge < -0.3 is 9.64 Å². The van der Waals surface area contributed by atoms with Crippen molar-refractivity contribution in [2.75, 3.05) is 13.1 Å². The Kier molecular flexibility index (Phi) is 6.37. The highest BCUT2D eigenvalue weighted by Crippen LogP contribution is 2.30. The molecule has 1 aliphatic rings. The van der Waals surface area contributed by atoms with Gasteiger partial charge in [0.05, 0.1) is 11.1 Å². The highest BCUT2D eigenvalue weighted by atomic mass is 35.5. The highest BCUT2D eigenvalue weighted by molar-refractivity contribution is 6.35. The average Bonchev–Trinajstić information content (AvgIpc) is 2.99. The fraction of sp³-hybridized carbons (Fsp3) is 0.500. The summed E-state index contributed by atoms with van der Waals surface area (Å²) < 4.78 is 45.9. The Bertz CT molecular complexity index is 998. The van der Waals surface area contributed by atoms with Crippen LogP contribution in [0.1, 0.15) is 31.6 Å². The first-order valence-electron chi connectivity index (χ1n) is 9.12. The van der Waals surface area contributed by atoms with Crippen molar-refractivity contribution in [3.05, 3.63) is 44.6 Å². The molecule has 0 saturated carbocycles. The summed E-state index contributed by atoms with van der Waals surface area (Å²) in [5, 5.41) is 4.18. The van der Waals surface area contributed by atoms with Crippen LogP contribution in [-0.4, -0.2) is 44.3 Å². The van der Waals surface area contributed by atoms with Crippen molar-refractivity contribution in [1.29, 1.82) is 0 Å². The third kappa shape index (κ3) is 4.59. The van der Waals surface area contributed by atoms with Crippen molar-refractivity contribution < 1.29 is 22.7 Å². The molecule has 1 aromatic carbocycles. The summed E-state index contributed by atoms with van der Waals surface area (Å²) in [7, 11) is 1.04. The molecule has 1 atom stereocenters. The van der Waals surface area contributed by atoms with E-state index in [0.29, 0.717) is 28.2 Å². The molecule has 164 valence electrons. The van der Waals surface area contributed by atoms with Gasteiger partial charge in [0.25, 0.3) is 5.91 Å². The SMILES string of the molecule is CC(Oc1ccc(Cl)cc1Cl)C(=O)N1CCC(n2nc(C(F)(F)F)n(C)c2=O)CC1. The molecule has 1 amide bonds. The topological polar surface area (TPSA) is 69.4 Å². The number of carbonyl (C=O) groups is 1. The molecule has 2 heterocycles. The van der Waals surface area contributed by atoms with E-state index in [9.17, 15) is 22.8 Å². The number of benzene rings is 1. The molecule has 2 aromatic rings. The molecule has 1 aromatic heterocycles. The zero-order valence-electron chi connectivity index (χ0n) is 16.1. The maximum absolute atomic E-state index is 13.0. The Morgan fingerprint density at radius 3 is 2.43 bits per heavy atom. The Morgan fingerprint density at radius 2 is 1.90 bits per heavy atom. The predicted octanol–water partition coefficient (Wildman–Crippen LogP) is 3.54. The monoisotopic (exact) mass is 466 g/mol. The van der Waals surface area contributed by atoms with E-state index in [2.05, 4.69) is 5.10 Å². The van der Waals surface area contributed by atoms with E-state index >= 15 is 0 Å². The summed E-state index contributed by atoms with van der Waals surface area (Å²) in [4.78, 5) is 26.4. The van der Waals surface area contributed by atoms with E-state index in [0.717, 1.165) is 11.7 Å². The molecule has 7 nitrogen and oxygen atoms in total. The fourth-order valence-electron chi connectivity index (χ4n) is 3.34. The van der Waals surface area contributed by atoms with Crippen molar-refractivity contribution in [3.8, 4) is 5.75 Å². The second-order valence-electron chi connectivity index (χ2n) is 7.00. The first-order valence-corrected chi connectivity index (χ1v) is 9.88. The molecular formula is C18H19Cl2F3N4O3. The van der Waals surface area contributed by atoms with E-state index in [1.54, 1.807) is 24.0 Å². The number of carbonyl (C=O) groups excluding carboxylic acids is 1. The minimum atomic E-state index is -4.72. The van der Waals surface area contributed by atoms with E-state index in [1.807, 2.05) is 0 Å². The number of hydrogen-bond acceptors (Lipinski definition) is 4. The number of aromatic nitrogens is 3. The maximum atomic E-state index is 13.0. The molecular weight excluding hydrogens is 448 g/mol. The van der Waals surface area contributed by atoms with Gasteiger partial charge in [0.2, 0.25) is 5.82 Å². The molecule has 0 bridgehead atoms. The van der Waals surface area contributed by atoms with E-state index in [4.69, 9.17) is 27.9 Å². The van der Waals surface area contributed by atoms with Crippen LogP contribution in [0.15, 0.2) is 23.0 Å². The van der Waals surface area contributed by atoms with Crippen LogP contribution in [0.4, 0.5) is 13.2 Å². The van der Waals surface area contributed by atoms with E-state index in [1.165, 1.54) is 6.07 Å². The number of likely N-dealkylation sites (tertiary alicyclic amines) is 1. The third-order valence-corrected chi connectivity index (χ3v) is 5.45. The summed E-state index contributed by atoms with van der Waals surface area (Å²) in [5.41, 5.74) is -0.832. The normalized spacial score (nSPS) is 16.6. The van der Waals surface area contributed by atoms with Gasteiger partial charge in [-0.2, -0.15) is 13.2 Å². The van der Waals surface area contributed by atoms with Crippen molar-refractivity contribution in [2.45, 2.75) is 38.1 Å². The number of ether oxygens (including phenoxy) is 1. The second-order valence-corrected chi connectivity index (χ2v) is 7.84. The minimum absolute atomic E-state index is 0.260. The van der Waals surface area contributed by atoms with Gasteiger partial charge in [-0.25, -0.2) is 9.48 Å². The smallest absolute Gasteiger partial charge is 0.451 e. The molecule has 1 saturated heterocycles. The molecule has 3 rings (SSSR count). The van der Waals surface area contributed by atoms with Crippen molar-refractivity contribution in [3.63, 3.8) is 0 Å². The molecule has 30 heavy (non-hydrogen) atoms. The molecule has 1 fully saturated rings. The van der Waals surface area contributed by atoms with Gasteiger partial charge in [0, 0.05) is 25.2 Å². The zero-order chi connectivity index (χ0) is 22.2. The summed E-state index contributed by atoms with van der Waals surface area (Å²) >= 11 is 11.9. The molecule has 0 N–H and O–H groups in total. The Hall–Kier alpha value is -2.20.